The summed E-state index contributed by atoms with van der Waals surface area (Å²) in [6.07, 6.45) is 5.55. The lowest BCUT2D eigenvalue weighted by Gasteiger charge is -2.15. The van der Waals surface area contributed by atoms with Gasteiger partial charge in [-0.1, -0.05) is 42.1 Å². The van der Waals surface area contributed by atoms with E-state index in [1.807, 2.05) is 30.3 Å². The van der Waals surface area contributed by atoms with Crippen LogP contribution in [0.3, 0.4) is 0 Å². The number of nitrogens with one attached hydrogen (secondary N) is 1. The van der Waals surface area contributed by atoms with Crippen LogP contribution in [0.4, 0.5) is 0 Å². The van der Waals surface area contributed by atoms with Gasteiger partial charge in [0.05, 0.1) is 0 Å². The predicted octanol–water partition coefficient (Wildman–Crippen LogP) is 2.59. The molecule has 1 fully saturated rings. The van der Waals surface area contributed by atoms with Crippen molar-refractivity contribution in [2.45, 2.75) is 29.3 Å². The summed E-state index contributed by atoms with van der Waals surface area (Å²) in [5.41, 5.74) is 0.975. The maximum Gasteiger partial charge on any atom is 0.238 e. The van der Waals surface area contributed by atoms with Crippen LogP contribution in [0.25, 0.3) is 0 Å². The molecular formula is C15H15N3OS. The molecule has 1 atom stereocenters. The Morgan fingerprint density at radius 3 is 2.50 bits per heavy atom. The van der Waals surface area contributed by atoms with E-state index < -0.39 is 0 Å². The molecule has 1 heterocycles. The van der Waals surface area contributed by atoms with Crippen LogP contribution in [0.15, 0.2) is 53.9 Å². The van der Waals surface area contributed by atoms with Gasteiger partial charge in [-0.15, -0.1) is 0 Å². The molecule has 1 aromatic heterocycles. The maximum atomic E-state index is 12.4. The van der Waals surface area contributed by atoms with Crippen molar-refractivity contribution in [1.82, 2.24) is 15.3 Å². The average Bonchev–Trinajstić information content (AvgIpc) is 3.30. The molecule has 0 bridgehead atoms. The Morgan fingerprint density at radius 2 is 1.85 bits per heavy atom. The second-order valence-electron chi connectivity index (χ2n) is 4.72. The Bertz CT molecular complexity index is 572. The highest BCUT2D eigenvalue weighted by atomic mass is 32.2. The van der Waals surface area contributed by atoms with Gasteiger partial charge >= 0.3 is 0 Å². The molecule has 0 spiro atoms. The Labute approximate surface area is 122 Å². The van der Waals surface area contributed by atoms with Crippen LogP contribution in [-0.2, 0) is 4.79 Å². The maximum absolute atomic E-state index is 12.4. The zero-order valence-corrected chi connectivity index (χ0v) is 11.7. The van der Waals surface area contributed by atoms with Crippen molar-refractivity contribution in [2.24, 2.45) is 0 Å². The summed E-state index contributed by atoms with van der Waals surface area (Å²) in [5.74, 6) is 0.0381. The van der Waals surface area contributed by atoms with Crippen LogP contribution in [0.5, 0.6) is 0 Å². The number of hydrogen-bond acceptors (Lipinski definition) is 4. The average molecular weight is 285 g/mol. The van der Waals surface area contributed by atoms with E-state index in [-0.39, 0.29) is 11.2 Å². The smallest absolute Gasteiger partial charge is 0.238 e. The first kappa shape index (κ1) is 13.1. The normalized spacial score (nSPS) is 15.6. The third kappa shape index (κ3) is 3.36. The van der Waals surface area contributed by atoms with Gasteiger partial charge in [-0.2, -0.15) is 0 Å². The van der Waals surface area contributed by atoms with E-state index in [1.165, 1.54) is 11.8 Å². The van der Waals surface area contributed by atoms with Crippen molar-refractivity contribution in [3.8, 4) is 0 Å². The molecule has 0 saturated heterocycles. The fraction of sp³-hybridized carbons (Fsp3) is 0.267. The Morgan fingerprint density at radius 1 is 1.15 bits per heavy atom. The van der Waals surface area contributed by atoms with Gasteiger partial charge in [0.25, 0.3) is 0 Å². The highest BCUT2D eigenvalue weighted by molar-refractivity contribution is 8.00. The Balaban J connectivity index is 1.81. The number of benzene rings is 1. The topological polar surface area (TPSA) is 54.9 Å². The van der Waals surface area contributed by atoms with Crippen molar-refractivity contribution < 1.29 is 4.79 Å². The minimum absolute atomic E-state index is 0.0381. The number of thioether (sulfide) groups is 1. The van der Waals surface area contributed by atoms with Gasteiger partial charge in [0, 0.05) is 18.4 Å². The van der Waals surface area contributed by atoms with Gasteiger partial charge < -0.3 is 5.32 Å². The number of rotatable bonds is 5. The molecule has 1 aromatic carbocycles. The van der Waals surface area contributed by atoms with E-state index in [2.05, 4.69) is 15.3 Å². The van der Waals surface area contributed by atoms with E-state index >= 15 is 0 Å². The van der Waals surface area contributed by atoms with Crippen LogP contribution in [0.1, 0.15) is 23.7 Å². The number of hydrogen-bond donors (Lipinski definition) is 1. The summed E-state index contributed by atoms with van der Waals surface area (Å²) in [4.78, 5) is 20.8. The van der Waals surface area contributed by atoms with E-state index in [0.29, 0.717) is 11.2 Å². The molecule has 1 saturated carbocycles. The van der Waals surface area contributed by atoms with Crippen LogP contribution in [0, 0.1) is 0 Å². The molecule has 3 rings (SSSR count). The molecular weight excluding hydrogens is 270 g/mol. The highest BCUT2D eigenvalue weighted by Crippen LogP contribution is 2.34. The minimum atomic E-state index is -0.306. The lowest BCUT2D eigenvalue weighted by molar-refractivity contribution is -0.120. The fourth-order valence-corrected chi connectivity index (χ4v) is 2.78. The number of nitrogens with zero attached hydrogens (tertiary/aromatic N) is 2. The van der Waals surface area contributed by atoms with Gasteiger partial charge in [0.2, 0.25) is 5.91 Å². The first-order chi connectivity index (χ1) is 9.83. The summed E-state index contributed by atoms with van der Waals surface area (Å²) in [5, 5.41) is 3.37. The molecule has 102 valence electrons. The van der Waals surface area contributed by atoms with E-state index in [0.717, 1.165) is 18.4 Å². The van der Waals surface area contributed by atoms with E-state index in [4.69, 9.17) is 0 Å². The summed E-state index contributed by atoms with van der Waals surface area (Å²) in [6.45, 7) is 0. The summed E-state index contributed by atoms with van der Waals surface area (Å²) in [6, 6.07) is 11.9. The zero-order valence-electron chi connectivity index (χ0n) is 10.9. The highest BCUT2D eigenvalue weighted by Gasteiger charge is 2.29. The molecule has 1 amide bonds. The van der Waals surface area contributed by atoms with Gasteiger partial charge in [-0.25, -0.2) is 9.97 Å². The first-order valence-electron chi connectivity index (χ1n) is 6.62. The van der Waals surface area contributed by atoms with E-state index in [9.17, 15) is 4.79 Å². The molecule has 0 aliphatic heterocycles. The molecule has 4 nitrogen and oxygen atoms in total. The lowest BCUT2D eigenvalue weighted by Crippen LogP contribution is -2.29. The summed E-state index contributed by atoms with van der Waals surface area (Å²) < 4.78 is 0. The van der Waals surface area contributed by atoms with Crippen molar-refractivity contribution >= 4 is 17.7 Å². The molecule has 1 N–H and O–H groups in total. The van der Waals surface area contributed by atoms with Crippen molar-refractivity contribution in [3.05, 3.63) is 54.4 Å². The standard InChI is InChI=1S/C15H15N3OS/c19-14(18-12-7-8-12)13(11-5-2-1-3-6-11)20-15-16-9-4-10-17-15/h1-6,9-10,12-13H,7-8H2,(H,18,19)/t13-/m1/s1. The molecule has 1 aliphatic carbocycles. The van der Waals surface area contributed by atoms with Gasteiger partial charge in [0.1, 0.15) is 5.25 Å². The third-order valence-corrected chi connectivity index (χ3v) is 4.17. The number of aromatic nitrogens is 2. The molecule has 20 heavy (non-hydrogen) atoms. The molecule has 1 aliphatic rings. The SMILES string of the molecule is O=C(NC1CC1)[C@H](Sc1ncccn1)c1ccccc1. The second-order valence-corrected chi connectivity index (χ2v) is 5.80. The molecule has 0 unspecified atom stereocenters. The van der Waals surface area contributed by atoms with Crippen LogP contribution >= 0.6 is 11.8 Å². The van der Waals surface area contributed by atoms with Gasteiger partial charge in [-0.05, 0) is 24.5 Å². The molecule has 5 heteroatoms. The van der Waals surface area contributed by atoms with Crippen LogP contribution in [-0.4, -0.2) is 21.9 Å². The minimum Gasteiger partial charge on any atom is -0.352 e. The summed E-state index contributed by atoms with van der Waals surface area (Å²) in [7, 11) is 0. The van der Waals surface area contributed by atoms with Gasteiger partial charge in [-0.3, -0.25) is 4.79 Å². The van der Waals surface area contributed by atoms with Crippen molar-refractivity contribution in [1.29, 1.82) is 0 Å². The monoisotopic (exact) mass is 285 g/mol. The molecule has 2 aromatic rings. The first-order valence-corrected chi connectivity index (χ1v) is 7.50. The van der Waals surface area contributed by atoms with Gasteiger partial charge in [0.15, 0.2) is 5.16 Å². The number of carbonyl (C=O) groups is 1. The Hall–Kier alpha value is -1.88. The predicted molar refractivity (Wildman–Crippen MR) is 78.2 cm³/mol. The second kappa shape index (κ2) is 6.05. The Kier molecular flexibility index (Phi) is 3.97. The number of carbonyl (C=O) groups excluding carboxylic acids is 1. The summed E-state index contributed by atoms with van der Waals surface area (Å²) >= 11 is 1.39. The molecule has 0 radical (unpaired) electrons. The number of amides is 1. The van der Waals surface area contributed by atoms with Crippen LogP contribution < -0.4 is 5.32 Å². The van der Waals surface area contributed by atoms with Crippen molar-refractivity contribution in [3.63, 3.8) is 0 Å². The lowest BCUT2D eigenvalue weighted by atomic mass is 10.1. The van der Waals surface area contributed by atoms with E-state index in [1.54, 1.807) is 18.5 Å². The third-order valence-electron chi connectivity index (χ3n) is 3.03. The zero-order chi connectivity index (χ0) is 13.8. The largest absolute Gasteiger partial charge is 0.352 e. The quantitative estimate of drug-likeness (QED) is 0.677. The van der Waals surface area contributed by atoms with Crippen molar-refractivity contribution in [2.75, 3.05) is 0 Å². The van der Waals surface area contributed by atoms with Crippen LogP contribution in [0.2, 0.25) is 0 Å². The fourth-order valence-electron chi connectivity index (χ4n) is 1.86.